The standard InChI is InChI=1S/C21H20ClF4N5O2/c1-19(2)17(33)31(4)18(27)30-20(19,3)12-8-11(5-6-14(12)23)29-16(32)15-13(22)7-10(9-28-15)21(24,25)26/h5-9H,1-4H3,(H2,27,30)(H,29,32)/t20-/m1/s1. The van der Waals surface area contributed by atoms with Gasteiger partial charge in [-0.25, -0.2) is 14.4 Å². The number of nitrogens with one attached hydrogen (secondary N) is 1. The Labute approximate surface area is 191 Å². The Morgan fingerprint density at radius 3 is 2.42 bits per heavy atom. The van der Waals surface area contributed by atoms with Gasteiger partial charge in [-0.3, -0.25) is 14.5 Å². The maximum atomic E-state index is 14.9. The third-order valence-electron chi connectivity index (χ3n) is 5.87. The molecule has 3 N–H and O–H groups in total. The number of carbonyl (C=O) groups excluding carboxylic acids is 2. The first-order valence-electron chi connectivity index (χ1n) is 9.57. The van der Waals surface area contributed by atoms with Crippen LogP contribution in [0.25, 0.3) is 0 Å². The predicted octanol–water partition coefficient (Wildman–Crippen LogP) is 4.17. The third-order valence-corrected chi connectivity index (χ3v) is 6.16. The number of halogens is 5. The van der Waals surface area contributed by atoms with Crippen LogP contribution in [0.1, 0.15) is 42.4 Å². The van der Waals surface area contributed by atoms with Crippen molar-refractivity contribution < 1.29 is 27.2 Å². The molecule has 1 aliphatic rings. The summed E-state index contributed by atoms with van der Waals surface area (Å²) in [7, 11) is 1.45. The van der Waals surface area contributed by atoms with Crippen LogP contribution in [0.5, 0.6) is 0 Å². The van der Waals surface area contributed by atoms with Gasteiger partial charge in [0.25, 0.3) is 5.91 Å². The fraction of sp³-hybridized carbons (Fsp3) is 0.333. The maximum absolute atomic E-state index is 14.9. The van der Waals surface area contributed by atoms with Crippen LogP contribution in [0.15, 0.2) is 35.5 Å². The first kappa shape index (κ1) is 24.4. The topological polar surface area (TPSA) is 101 Å². The van der Waals surface area contributed by atoms with Crippen molar-refractivity contribution in [2.24, 2.45) is 16.1 Å². The molecular formula is C21H20ClF4N5O2. The van der Waals surface area contributed by atoms with Crippen LogP contribution in [0, 0.1) is 11.2 Å². The summed E-state index contributed by atoms with van der Waals surface area (Å²) in [4.78, 5) is 34.4. The molecule has 12 heteroatoms. The van der Waals surface area contributed by atoms with E-state index in [0.29, 0.717) is 12.3 Å². The monoisotopic (exact) mass is 485 g/mol. The van der Waals surface area contributed by atoms with Crippen molar-refractivity contribution in [2.75, 3.05) is 12.4 Å². The Kier molecular flexibility index (Phi) is 5.91. The molecule has 2 aromatic rings. The molecule has 0 saturated heterocycles. The van der Waals surface area contributed by atoms with E-state index in [1.807, 2.05) is 0 Å². The van der Waals surface area contributed by atoms with E-state index in [0.717, 1.165) is 6.07 Å². The van der Waals surface area contributed by atoms with Gasteiger partial charge in [-0.05, 0) is 45.0 Å². The summed E-state index contributed by atoms with van der Waals surface area (Å²) in [6, 6.07) is 4.19. The summed E-state index contributed by atoms with van der Waals surface area (Å²) in [5, 5.41) is 1.93. The summed E-state index contributed by atoms with van der Waals surface area (Å²) in [5.41, 5.74) is 1.77. The van der Waals surface area contributed by atoms with Gasteiger partial charge in [-0.15, -0.1) is 0 Å². The van der Waals surface area contributed by atoms with E-state index in [9.17, 15) is 27.2 Å². The zero-order chi connectivity index (χ0) is 24.9. The van der Waals surface area contributed by atoms with Crippen molar-refractivity contribution >= 4 is 35.1 Å². The quantitative estimate of drug-likeness (QED) is 0.637. The van der Waals surface area contributed by atoms with Gasteiger partial charge in [0.05, 0.1) is 16.0 Å². The van der Waals surface area contributed by atoms with E-state index in [1.165, 1.54) is 24.1 Å². The third kappa shape index (κ3) is 4.12. The zero-order valence-electron chi connectivity index (χ0n) is 18.0. The van der Waals surface area contributed by atoms with E-state index in [2.05, 4.69) is 15.3 Å². The van der Waals surface area contributed by atoms with Crippen molar-refractivity contribution in [3.63, 3.8) is 0 Å². The zero-order valence-corrected chi connectivity index (χ0v) is 18.8. The van der Waals surface area contributed by atoms with E-state index in [-0.39, 0.29) is 23.1 Å². The second-order valence-corrected chi connectivity index (χ2v) is 8.64. The normalized spacial score (nSPS) is 20.5. The van der Waals surface area contributed by atoms with Crippen molar-refractivity contribution in [1.29, 1.82) is 0 Å². The molecule has 176 valence electrons. The maximum Gasteiger partial charge on any atom is 0.417 e. The molecule has 2 amide bonds. The molecule has 0 unspecified atom stereocenters. The van der Waals surface area contributed by atoms with E-state index >= 15 is 0 Å². The van der Waals surface area contributed by atoms with Gasteiger partial charge in [0.15, 0.2) is 5.96 Å². The molecule has 0 aliphatic carbocycles. The summed E-state index contributed by atoms with van der Waals surface area (Å²) in [6.45, 7) is 4.74. The Bertz CT molecular complexity index is 1180. The Balaban J connectivity index is 1.99. The number of aliphatic imine (C=N–C) groups is 1. The minimum absolute atomic E-state index is 0.0128. The van der Waals surface area contributed by atoms with Gasteiger partial charge in [0, 0.05) is 24.5 Å². The summed E-state index contributed by atoms with van der Waals surface area (Å²) >= 11 is 5.82. The number of aromatic nitrogens is 1. The van der Waals surface area contributed by atoms with Crippen LogP contribution in [-0.4, -0.2) is 34.7 Å². The van der Waals surface area contributed by atoms with Crippen LogP contribution in [0.2, 0.25) is 5.02 Å². The Morgan fingerprint density at radius 1 is 1.21 bits per heavy atom. The number of rotatable bonds is 3. The average Bonchev–Trinajstić information content (AvgIpc) is 2.71. The first-order valence-corrected chi connectivity index (χ1v) is 9.95. The molecule has 0 radical (unpaired) electrons. The number of nitrogens with zero attached hydrogens (tertiary/aromatic N) is 3. The van der Waals surface area contributed by atoms with Gasteiger partial charge < -0.3 is 11.1 Å². The second-order valence-electron chi connectivity index (χ2n) is 8.23. The van der Waals surface area contributed by atoms with Crippen LogP contribution in [-0.2, 0) is 16.5 Å². The van der Waals surface area contributed by atoms with Crippen LogP contribution in [0.3, 0.4) is 0 Å². The second kappa shape index (κ2) is 7.98. The Morgan fingerprint density at radius 2 is 1.85 bits per heavy atom. The average molecular weight is 486 g/mol. The highest BCUT2D eigenvalue weighted by Crippen LogP contribution is 2.47. The number of guanidine groups is 1. The highest BCUT2D eigenvalue weighted by Gasteiger charge is 2.53. The Hall–Kier alpha value is -3.21. The molecule has 1 aromatic heterocycles. The largest absolute Gasteiger partial charge is 0.417 e. The number of nitrogens with two attached hydrogens (primary N) is 1. The molecule has 1 atom stereocenters. The number of anilines is 1. The molecule has 3 rings (SSSR count). The van der Waals surface area contributed by atoms with Gasteiger partial charge in [-0.1, -0.05) is 11.6 Å². The number of benzene rings is 1. The fourth-order valence-electron chi connectivity index (χ4n) is 3.50. The summed E-state index contributed by atoms with van der Waals surface area (Å²) < 4.78 is 53.3. The lowest BCUT2D eigenvalue weighted by atomic mass is 9.67. The summed E-state index contributed by atoms with van der Waals surface area (Å²) in [5.74, 6) is -2.08. The number of hydrogen-bond acceptors (Lipinski definition) is 5. The van der Waals surface area contributed by atoms with Crippen LogP contribution < -0.4 is 11.1 Å². The number of pyridine rings is 1. The van der Waals surface area contributed by atoms with Gasteiger partial charge in [0.1, 0.15) is 17.1 Å². The molecule has 33 heavy (non-hydrogen) atoms. The number of alkyl halides is 3. The lowest BCUT2D eigenvalue weighted by molar-refractivity contribution is -0.140. The molecule has 0 fully saturated rings. The van der Waals surface area contributed by atoms with Crippen molar-refractivity contribution in [2.45, 2.75) is 32.5 Å². The van der Waals surface area contributed by atoms with Crippen molar-refractivity contribution in [1.82, 2.24) is 9.88 Å². The highest BCUT2D eigenvalue weighted by atomic mass is 35.5. The van der Waals surface area contributed by atoms with Crippen molar-refractivity contribution in [3.8, 4) is 0 Å². The molecule has 1 aliphatic heterocycles. The fourth-order valence-corrected chi connectivity index (χ4v) is 3.75. The lowest BCUT2D eigenvalue weighted by Gasteiger charge is -2.46. The summed E-state index contributed by atoms with van der Waals surface area (Å²) in [6.07, 6.45) is -4.18. The molecule has 0 saturated carbocycles. The van der Waals surface area contributed by atoms with Crippen molar-refractivity contribution in [3.05, 3.63) is 58.1 Å². The molecule has 0 bridgehead atoms. The molecule has 1 aromatic carbocycles. The molecular weight excluding hydrogens is 466 g/mol. The number of hydrogen-bond donors (Lipinski definition) is 2. The molecule has 0 spiro atoms. The molecule has 7 nitrogen and oxygen atoms in total. The highest BCUT2D eigenvalue weighted by molar-refractivity contribution is 6.34. The van der Waals surface area contributed by atoms with Crippen LogP contribution in [0.4, 0.5) is 23.2 Å². The van der Waals surface area contributed by atoms with E-state index in [4.69, 9.17) is 17.3 Å². The van der Waals surface area contributed by atoms with Crippen LogP contribution >= 0.6 is 11.6 Å². The predicted molar refractivity (Wildman–Crippen MR) is 114 cm³/mol. The minimum Gasteiger partial charge on any atom is -0.369 e. The smallest absolute Gasteiger partial charge is 0.369 e. The SMILES string of the molecule is CN1C(=O)C(C)(C)[C@@](C)(c2cc(NC(=O)c3ncc(C(F)(F)F)cc3Cl)ccc2F)N=C1N. The van der Waals surface area contributed by atoms with Gasteiger partial charge >= 0.3 is 6.18 Å². The van der Waals surface area contributed by atoms with E-state index < -0.39 is 45.1 Å². The molecule has 2 heterocycles. The van der Waals surface area contributed by atoms with Gasteiger partial charge in [0.2, 0.25) is 5.91 Å². The number of amides is 2. The number of carbonyl (C=O) groups is 2. The lowest BCUT2D eigenvalue weighted by Crippen LogP contribution is -2.58. The van der Waals surface area contributed by atoms with Gasteiger partial charge in [-0.2, -0.15) is 13.2 Å². The first-order chi connectivity index (χ1) is 15.1. The minimum atomic E-state index is -4.67. The van der Waals surface area contributed by atoms with E-state index in [1.54, 1.807) is 20.8 Å².